The third kappa shape index (κ3) is 4.74. The van der Waals surface area contributed by atoms with Crippen molar-refractivity contribution in [2.24, 2.45) is 0 Å². The van der Waals surface area contributed by atoms with Gasteiger partial charge in [0.25, 0.3) is 0 Å². The molecule has 9 nitrogen and oxygen atoms in total. The van der Waals surface area contributed by atoms with Crippen LogP contribution in [0.2, 0.25) is 0 Å². The van der Waals surface area contributed by atoms with Crippen LogP contribution in [0, 0.1) is 13.8 Å². The lowest BCUT2D eigenvalue weighted by Gasteiger charge is -2.27. The molecule has 3 aromatic rings. The minimum absolute atomic E-state index is 0.0362. The number of aryl methyl sites for hydroxylation is 1. The van der Waals surface area contributed by atoms with E-state index in [1.807, 2.05) is 36.6 Å². The lowest BCUT2D eigenvalue weighted by atomic mass is 10.2. The van der Waals surface area contributed by atoms with Crippen molar-refractivity contribution in [3.05, 3.63) is 52.8 Å². The predicted octanol–water partition coefficient (Wildman–Crippen LogP) is 3.30. The summed E-state index contributed by atoms with van der Waals surface area (Å²) in [6, 6.07) is 9.07. The number of methoxy groups -OCH3 is 1. The Morgan fingerprint density at radius 3 is 2.47 bits per heavy atom. The summed E-state index contributed by atoms with van der Waals surface area (Å²) in [5.74, 6) is 0.757. The molecule has 0 aliphatic carbocycles. The van der Waals surface area contributed by atoms with Gasteiger partial charge in [-0.3, -0.25) is 9.36 Å². The number of carbonyl (C=O) groups excluding carboxylic acids is 2. The van der Waals surface area contributed by atoms with Gasteiger partial charge in [-0.1, -0.05) is 11.8 Å². The number of anilines is 1. The Morgan fingerprint density at radius 1 is 1.12 bits per heavy atom. The van der Waals surface area contributed by atoms with E-state index in [0.717, 1.165) is 47.8 Å². The van der Waals surface area contributed by atoms with Crippen molar-refractivity contribution in [1.29, 1.82) is 0 Å². The number of hydrogen-bond acceptors (Lipinski definition) is 8. The summed E-state index contributed by atoms with van der Waals surface area (Å²) in [5, 5.41) is 9.47. The first-order valence-corrected chi connectivity index (χ1v) is 12.2. The smallest absolute Gasteiger partial charge is 0.337 e. The number of rotatable bonds is 8. The van der Waals surface area contributed by atoms with Gasteiger partial charge in [0.05, 0.1) is 31.6 Å². The standard InChI is InChI=1S/C24H29N5O4S/c1-5-28-23(27-10-12-33-13-11-27)25-26-24(28)34-15-21(30)20-14-16(2)29(17(20)3)19-8-6-18(7-9-19)22(31)32-4/h6-9,14H,5,10-13,15H2,1-4H3. The van der Waals surface area contributed by atoms with Crippen molar-refractivity contribution in [3.63, 3.8) is 0 Å². The summed E-state index contributed by atoms with van der Waals surface area (Å²) in [7, 11) is 1.36. The Balaban J connectivity index is 1.49. The SMILES string of the molecule is CCn1c(SCC(=O)c2cc(C)n(-c3ccc(C(=O)OC)cc3)c2C)nnc1N1CCOCC1. The molecule has 0 radical (unpaired) electrons. The van der Waals surface area contributed by atoms with Gasteiger partial charge < -0.3 is 18.9 Å². The molecule has 1 saturated heterocycles. The fourth-order valence-corrected chi connectivity index (χ4v) is 5.06. The van der Waals surface area contributed by atoms with Gasteiger partial charge in [-0.05, 0) is 51.1 Å². The van der Waals surface area contributed by atoms with Gasteiger partial charge in [-0.25, -0.2) is 4.79 Å². The second-order valence-electron chi connectivity index (χ2n) is 8.00. The molecule has 1 aromatic carbocycles. The van der Waals surface area contributed by atoms with Crippen LogP contribution >= 0.6 is 11.8 Å². The zero-order valence-electron chi connectivity index (χ0n) is 19.9. The summed E-state index contributed by atoms with van der Waals surface area (Å²) in [5.41, 5.74) is 3.86. The maximum absolute atomic E-state index is 13.1. The lowest BCUT2D eigenvalue weighted by Crippen LogP contribution is -2.38. The number of ketones is 1. The third-order valence-electron chi connectivity index (χ3n) is 5.92. The molecule has 0 unspecified atom stereocenters. The first-order chi connectivity index (χ1) is 16.4. The minimum Gasteiger partial charge on any atom is -0.465 e. The Hall–Kier alpha value is -3.11. The summed E-state index contributed by atoms with van der Waals surface area (Å²) in [4.78, 5) is 27.0. The van der Waals surface area contributed by atoms with E-state index >= 15 is 0 Å². The fourth-order valence-electron chi connectivity index (χ4n) is 4.18. The van der Waals surface area contributed by atoms with E-state index < -0.39 is 0 Å². The Morgan fingerprint density at radius 2 is 1.82 bits per heavy atom. The second kappa shape index (κ2) is 10.4. The van der Waals surface area contributed by atoms with Crippen LogP contribution < -0.4 is 4.90 Å². The number of thioether (sulfide) groups is 1. The van der Waals surface area contributed by atoms with Crippen LogP contribution in [0.3, 0.4) is 0 Å². The van der Waals surface area contributed by atoms with Crippen LogP contribution in [-0.4, -0.2) is 70.3 Å². The molecule has 1 fully saturated rings. The lowest BCUT2D eigenvalue weighted by molar-refractivity contribution is 0.0600. The number of aromatic nitrogens is 4. The number of benzene rings is 1. The van der Waals surface area contributed by atoms with Crippen LogP contribution in [0.15, 0.2) is 35.5 Å². The second-order valence-corrected chi connectivity index (χ2v) is 8.94. The molecule has 0 atom stereocenters. The topological polar surface area (TPSA) is 91.5 Å². The van der Waals surface area contributed by atoms with Gasteiger partial charge in [-0.15, -0.1) is 10.2 Å². The number of nitrogens with zero attached hydrogens (tertiary/aromatic N) is 5. The van der Waals surface area contributed by atoms with Gasteiger partial charge in [0.15, 0.2) is 10.9 Å². The molecule has 0 N–H and O–H groups in total. The van der Waals surface area contributed by atoms with Crippen LogP contribution in [0.5, 0.6) is 0 Å². The summed E-state index contributed by atoms with van der Waals surface area (Å²) in [6.45, 7) is 9.61. The van der Waals surface area contributed by atoms with Crippen molar-refractivity contribution >= 4 is 29.5 Å². The summed E-state index contributed by atoms with van der Waals surface area (Å²) in [6.07, 6.45) is 0. The molecular formula is C24H29N5O4S. The normalized spacial score (nSPS) is 13.8. The number of carbonyl (C=O) groups is 2. The molecule has 0 amide bonds. The van der Waals surface area contributed by atoms with Crippen LogP contribution in [-0.2, 0) is 16.0 Å². The largest absolute Gasteiger partial charge is 0.465 e. The maximum Gasteiger partial charge on any atom is 0.337 e. The van der Waals surface area contributed by atoms with Crippen LogP contribution in [0.4, 0.5) is 5.95 Å². The summed E-state index contributed by atoms with van der Waals surface area (Å²) < 4.78 is 14.3. The van der Waals surface area contributed by atoms with E-state index in [-0.39, 0.29) is 17.5 Å². The van der Waals surface area contributed by atoms with E-state index in [0.29, 0.717) is 24.3 Å². The number of hydrogen-bond donors (Lipinski definition) is 0. The van der Waals surface area contributed by atoms with E-state index in [1.165, 1.54) is 18.9 Å². The highest BCUT2D eigenvalue weighted by Crippen LogP contribution is 2.26. The first-order valence-electron chi connectivity index (χ1n) is 11.2. The highest BCUT2D eigenvalue weighted by molar-refractivity contribution is 7.99. The maximum atomic E-state index is 13.1. The first kappa shape index (κ1) is 24.0. The van der Waals surface area contributed by atoms with Gasteiger partial charge in [0, 0.05) is 42.3 Å². The molecule has 4 rings (SSSR count). The molecule has 1 aliphatic rings. The Labute approximate surface area is 203 Å². The van der Waals surface area contributed by atoms with Gasteiger partial charge in [-0.2, -0.15) is 0 Å². The number of ether oxygens (including phenoxy) is 2. The van der Waals surface area contributed by atoms with Crippen molar-refractivity contribution in [2.45, 2.75) is 32.5 Å². The zero-order valence-corrected chi connectivity index (χ0v) is 20.7. The average molecular weight is 484 g/mol. The number of morpholine rings is 1. The molecule has 0 bridgehead atoms. The molecule has 180 valence electrons. The minimum atomic E-state index is -0.378. The molecule has 2 aromatic heterocycles. The van der Waals surface area contributed by atoms with Crippen molar-refractivity contribution < 1.29 is 19.1 Å². The molecule has 0 spiro atoms. The van der Waals surface area contributed by atoms with E-state index in [4.69, 9.17) is 9.47 Å². The Kier molecular flexibility index (Phi) is 7.38. The van der Waals surface area contributed by atoms with Crippen molar-refractivity contribution in [1.82, 2.24) is 19.3 Å². The summed E-state index contributed by atoms with van der Waals surface area (Å²) >= 11 is 1.41. The van der Waals surface area contributed by atoms with Crippen LogP contribution in [0.1, 0.15) is 39.0 Å². The molecule has 34 heavy (non-hydrogen) atoms. The number of Topliss-reactive ketones (excluding diaryl/α,β-unsaturated/α-hetero) is 1. The van der Waals surface area contributed by atoms with Crippen molar-refractivity contribution in [3.8, 4) is 5.69 Å². The third-order valence-corrected chi connectivity index (χ3v) is 6.88. The van der Waals surface area contributed by atoms with E-state index in [9.17, 15) is 9.59 Å². The Bertz CT molecular complexity index is 1180. The quantitative estimate of drug-likeness (QED) is 0.274. The average Bonchev–Trinajstić information content (AvgIpc) is 3.42. The van der Waals surface area contributed by atoms with Gasteiger partial charge >= 0.3 is 5.97 Å². The molecule has 10 heteroatoms. The predicted molar refractivity (Wildman–Crippen MR) is 130 cm³/mol. The van der Waals surface area contributed by atoms with E-state index in [2.05, 4.69) is 26.6 Å². The van der Waals surface area contributed by atoms with Gasteiger partial charge in [0.1, 0.15) is 0 Å². The monoisotopic (exact) mass is 483 g/mol. The molecule has 0 saturated carbocycles. The fraction of sp³-hybridized carbons (Fsp3) is 0.417. The zero-order chi connectivity index (χ0) is 24.2. The molecule has 1 aliphatic heterocycles. The van der Waals surface area contributed by atoms with Crippen molar-refractivity contribution in [2.75, 3.05) is 44.1 Å². The van der Waals surface area contributed by atoms with Crippen LogP contribution in [0.25, 0.3) is 5.69 Å². The highest BCUT2D eigenvalue weighted by atomic mass is 32.2. The van der Waals surface area contributed by atoms with Gasteiger partial charge in [0.2, 0.25) is 5.95 Å². The van der Waals surface area contributed by atoms with E-state index in [1.54, 1.807) is 12.1 Å². The highest BCUT2D eigenvalue weighted by Gasteiger charge is 2.22. The molecular weight excluding hydrogens is 454 g/mol. The molecule has 3 heterocycles. The number of esters is 1.